The summed E-state index contributed by atoms with van der Waals surface area (Å²) in [6.45, 7) is 3.44. The maximum absolute atomic E-state index is 12.8. The molecular formula is C17H18F3N7O. The number of nitrogens with zero attached hydrogens (tertiary/aromatic N) is 7. The van der Waals surface area contributed by atoms with E-state index in [1.165, 1.54) is 6.33 Å². The Morgan fingerprint density at radius 2 is 1.96 bits per heavy atom. The van der Waals surface area contributed by atoms with Gasteiger partial charge in [-0.25, -0.2) is 9.67 Å². The number of hydrogen-bond donors (Lipinski definition) is 0. The van der Waals surface area contributed by atoms with E-state index in [4.69, 9.17) is 0 Å². The van der Waals surface area contributed by atoms with Crippen LogP contribution in [0.1, 0.15) is 24.2 Å². The minimum Gasteiger partial charge on any atom is -0.356 e. The van der Waals surface area contributed by atoms with E-state index >= 15 is 0 Å². The molecule has 1 aliphatic rings. The lowest BCUT2D eigenvalue weighted by Gasteiger charge is -2.33. The maximum Gasteiger partial charge on any atom is 0.435 e. The molecule has 0 atom stereocenters. The van der Waals surface area contributed by atoms with Gasteiger partial charge in [-0.1, -0.05) is 0 Å². The van der Waals surface area contributed by atoms with Crippen LogP contribution in [0, 0.1) is 12.8 Å². The molecule has 1 aliphatic heterocycles. The molecule has 3 aromatic rings. The van der Waals surface area contributed by atoms with Gasteiger partial charge in [0.2, 0.25) is 0 Å². The first-order chi connectivity index (χ1) is 13.3. The normalized spacial score (nSPS) is 16.1. The van der Waals surface area contributed by atoms with Crippen LogP contribution in [0.25, 0.3) is 5.78 Å². The smallest absolute Gasteiger partial charge is 0.356 e. The summed E-state index contributed by atoms with van der Waals surface area (Å²) in [6, 6.07) is 3.57. The molecule has 0 N–H and O–H groups in total. The summed E-state index contributed by atoms with van der Waals surface area (Å²) in [5.41, 5.74) is -0.743. The summed E-state index contributed by atoms with van der Waals surface area (Å²) in [4.78, 5) is 22.5. The third-order valence-corrected chi connectivity index (χ3v) is 4.89. The van der Waals surface area contributed by atoms with E-state index in [2.05, 4.69) is 25.1 Å². The number of halogens is 3. The molecule has 8 nitrogen and oxygen atoms in total. The van der Waals surface area contributed by atoms with E-state index in [0.717, 1.165) is 41.2 Å². The second kappa shape index (κ2) is 6.88. The van der Waals surface area contributed by atoms with Gasteiger partial charge in [0.05, 0.1) is 0 Å². The highest BCUT2D eigenvalue weighted by Crippen LogP contribution is 2.27. The summed E-state index contributed by atoms with van der Waals surface area (Å²) in [7, 11) is 0. The topological polar surface area (TPSA) is 81.2 Å². The fraction of sp³-hybridized carbons (Fsp3) is 0.471. The molecule has 0 bridgehead atoms. The van der Waals surface area contributed by atoms with E-state index in [1.54, 1.807) is 4.52 Å². The number of anilines is 1. The van der Waals surface area contributed by atoms with Gasteiger partial charge in [0.15, 0.2) is 5.69 Å². The number of alkyl halides is 3. The van der Waals surface area contributed by atoms with Crippen LogP contribution >= 0.6 is 0 Å². The highest BCUT2D eigenvalue weighted by atomic mass is 19.4. The van der Waals surface area contributed by atoms with Gasteiger partial charge >= 0.3 is 6.18 Å². The Morgan fingerprint density at radius 3 is 2.68 bits per heavy atom. The highest BCUT2D eigenvalue weighted by Gasteiger charge is 2.33. The van der Waals surface area contributed by atoms with E-state index in [-0.39, 0.29) is 12.5 Å². The van der Waals surface area contributed by atoms with Crippen LogP contribution in [0.15, 0.2) is 29.3 Å². The van der Waals surface area contributed by atoms with Crippen molar-refractivity contribution in [3.63, 3.8) is 0 Å². The number of aryl methyl sites for hydroxylation is 1. The van der Waals surface area contributed by atoms with Crippen LogP contribution in [0.5, 0.6) is 0 Å². The van der Waals surface area contributed by atoms with Crippen LogP contribution in [-0.4, -0.2) is 42.5 Å². The van der Waals surface area contributed by atoms with E-state index in [0.29, 0.717) is 18.9 Å². The van der Waals surface area contributed by atoms with Crippen LogP contribution in [0.3, 0.4) is 0 Å². The lowest BCUT2D eigenvalue weighted by molar-refractivity contribution is -0.142. The van der Waals surface area contributed by atoms with Crippen LogP contribution in [-0.2, 0) is 12.7 Å². The molecule has 4 rings (SSSR count). The number of aromatic nitrogens is 6. The van der Waals surface area contributed by atoms with E-state index in [9.17, 15) is 18.0 Å². The molecule has 11 heteroatoms. The highest BCUT2D eigenvalue weighted by molar-refractivity contribution is 5.47. The minimum absolute atomic E-state index is 0.0686. The first-order valence-electron chi connectivity index (χ1n) is 8.89. The molecule has 0 unspecified atom stereocenters. The molecule has 28 heavy (non-hydrogen) atoms. The molecule has 0 spiro atoms. The summed E-state index contributed by atoms with van der Waals surface area (Å²) in [6.07, 6.45) is -1.67. The lowest BCUT2D eigenvalue weighted by Crippen LogP contribution is -2.38. The predicted molar refractivity (Wildman–Crippen MR) is 94.0 cm³/mol. The zero-order valence-corrected chi connectivity index (χ0v) is 15.1. The molecule has 1 fully saturated rings. The zero-order valence-electron chi connectivity index (χ0n) is 15.1. The minimum atomic E-state index is -4.57. The van der Waals surface area contributed by atoms with Gasteiger partial charge in [-0.2, -0.15) is 32.9 Å². The van der Waals surface area contributed by atoms with Crippen molar-refractivity contribution in [2.45, 2.75) is 32.5 Å². The number of hydrogen-bond acceptors (Lipinski definition) is 6. The average Bonchev–Trinajstić information content (AvgIpc) is 3.11. The van der Waals surface area contributed by atoms with Crippen molar-refractivity contribution in [1.29, 1.82) is 0 Å². The maximum atomic E-state index is 12.8. The summed E-state index contributed by atoms with van der Waals surface area (Å²) >= 11 is 0. The fourth-order valence-electron chi connectivity index (χ4n) is 3.46. The summed E-state index contributed by atoms with van der Waals surface area (Å²) in [5, 5.41) is 7.70. The van der Waals surface area contributed by atoms with Gasteiger partial charge in [0, 0.05) is 37.5 Å². The molecule has 0 amide bonds. The second-order valence-electron chi connectivity index (χ2n) is 6.89. The van der Waals surface area contributed by atoms with Gasteiger partial charge in [0.1, 0.15) is 12.1 Å². The van der Waals surface area contributed by atoms with Crippen molar-refractivity contribution in [2.24, 2.45) is 5.92 Å². The van der Waals surface area contributed by atoms with Crippen molar-refractivity contribution in [3.8, 4) is 0 Å². The van der Waals surface area contributed by atoms with Crippen LogP contribution < -0.4 is 10.5 Å². The predicted octanol–water partition coefficient (Wildman–Crippen LogP) is 1.92. The molecule has 148 valence electrons. The van der Waals surface area contributed by atoms with Crippen molar-refractivity contribution in [2.75, 3.05) is 18.0 Å². The number of fused-ring (bicyclic) bond motifs is 1. The van der Waals surface area contributed by atoms with Crippen molar-refractivity contribution < 1.29 is 13.2 Å². The Bertz CT molecular complexity index is 1050. The molecule has 1 saturated heterocycles. The Hall–Kier alpha value is -2.98. The molecule has 0 radical (unpaired) electrons. The first kappa shape index (κ1) is 18.4. The van der Waals surface area contributed by atoms with E-state index in [1.807, 2.05) is 13.0 Å². The monoisotopic (exact) mass is 393 g/mol. The molecule has 0 aromatic carbocycles. The second-order valence-corrected chi connectivity index (χ2v) is 6.89. The van der Waals surface area contributed by atoms with Gasteiger partial charge in [-0.05, 0) is 31.7 Å². The first-order valence-corrected chi connectivity index (χ1v) is 8.89. The molecular weight excluding hydrogens is 375 g/mol. The van der Waals surface area contributed by atoms with Gasteiger partial charge in [0.25, 0.3) is 11.3 Å². The Labute approximate surface area is 157 Å². The fourth-order valence-corrected chi connectivity index (χ4v) is 3.46. The zero-order chi connectivity index (χ0) is 19.9. The lowest BCUT2D eigenvalue weighted by atomic mass is 9.97. The van der Waals surface area contributed by atoms with Gasteiger partial charge in [-0.15, -0.1) is 0 Å². The largest absolute Gasteiger partial charge is 0.435 e. The van der Waals surface area contributed by atoms with Gasteiger partial charge < -0.3 is 4.90 Å². The average molecular weight is 393 g/mol. The Kier molecular flexibility index (Phi) is 4.52. The number of rotatable bonds is 3. The van der Waals surface area contributed by atoms with Crippen molar-refractivity contribution in [3.05, 3.63) is 46.3 Å². The van der Waals surface area contributed by atoms with E-state index < -0.39 is 17.4 Å². The molecule has 0 aliphatic carbocycles. The summed E-state index contributed by atoms with van der Waals surface area (Å²) < 4.78 is 41.1. The standard InChI is InChI=1S/C17H18F3N7O/c1-11-8-14(27-16(23-11)21-10-22-27)25-6-4-12(5-7-25)9-26-15(28)3-2-13(24-26)17(18,19)20/h2-3,8,10,12H,4-7,9H2,1H3. The molecule has 3 aromatic heterocycles. The van der Waals surface area contributed by atoms with Crippen LogP contribution in [0.4, 0.5) is 19.0 Å². The molecule has 0 saturated carbocycles. The Morgan fingerprint density at radius 1 is 1.21 bits per heavy atom. The van der Waals surface area contributed by atoms with Crippen molar-refractivity contribution >= 4 is 11.6 Å². The van der Waals surface area contributed by atoms with Gasteiger partial charge in [-0.3, -0.25) is 4.79 Å². The SMILES string of the molecule is Cc1cc(N2CCC(Cn3nc(C(F)(F)F)ccc3=O)CC2)n2ncnc2n1. The quantitative estimate of drug-likeness (QED) is 0.676. The van der Waals surface area contributed by atoms with Crippen molar-refractivity contribution in [1.82, 2.24) is 29.4 Å². The Balaban J connectivity index is 1.48. The third kappa shape index (κ3) is 3.56. The third-order valence-electron chi connectivity index (χ3n) is 4.89. The molecule has 4 heterocycles. The summed E-state index contributed by atoms with van der Waals surface area (Å²) in [5.74, 6) is 1.48. The van der Waals surface area contributed by atoms with Crippen LogP contribution in [0.2, 0.25) is 0 Å². The number of piperidine rings is 1.